The van der Waals surface area contributed by atoms with E-state index in [0.717, 1.165) is 6.07 Å². The van der Waals surface area contributed by atoms with Gasteiger partial charge in [0, 0.05) is 11.1 Å². The second-order valence-electron chi connectivity index (χ2n) is 6.34. The highest BCUT2D eigenvalue weighted by Crippen LogP contribution is 2.20. The normalized spacial score (nSPS) is 10.7. The van der Waals surface area contributed by atoms with Crippen LogP contribution in [-0.4, -0.2) is 17.5 Å². The maximum Gasteiger partial charge on any atom is 0.412 e. The molecule has 0 unspecified atom stereocenters. The standard InChI is InChI=1S/C19H17FN2O3/c1-19(2,3)25-18(24)22-16-10-14(8-9-15(16)20)17(23)13-6-4-12(11-21)5-7-13/h4-10H,1-3H3,(H,22,24). The number of nitrogens with one attached hydrogen (secondary N) is 1. The van der Waals surface area contributed by atoms with Gasteiger partial charge in [-0.25, -0.2) is 9.18 Å². The Bertz CT molecular complexity index is 846. The highest BCUT2D eigenvalue weighted by atomic mass is 19.1. The van der Waals surface area contributed by atoms with E-state index in [9.17, 15) is 14.0 Å². The Morgan fingerprint density at radius 2 is 1.68 bits per heavy atom. The van der Waals surface area contributed by atoms with Crippen LogP contribution in [0.5, 0.6) is 0 Å². The largest absolute Gasteiger partial charge is 0.444 e. The summed E-state index contributed by atoms with van der Waals surface area (Å²) < 4.78 is 19.0. The topological polar surface area (TPSA) is 79.2 Å². The number of benzene rings is 2. The lowest BCUT2D eigenvalue weighted by Gasteiger charge is -2.20. The molecular weight excluding hydrogens is 323 g/mol. The first-order chi connectivity index (χ1) is 11.7. The number of nitrogens with zero attached hydrogens (tertiary/aromatic N) is 1. The molecule has 0 aliphatic heterocycles. The van der Waals surface area contributed by atoms with Crippen LogP contribution in [0.4, 0.5) is 14.9 Å². The van der Waals surface area contributed by atoms with Crippen molar-refractivity contribution in [3.8, 4) is 6.07 Å². The van der Waals surface area contributed by atoms with Gasteiger partial charge in [-0.15, -0.1) is 0 Å². The van der Waals surface area contributed by atoms with Crippen molar-refractivity contribution in [2.24, 2.45) is 0 Å². The summed E-state index contributed by atoms with van der Waals surface area (Å²) in [6.45, 7) is 5.06. The van der Waals surface area contributed by atoms with Crippen molar-refractivity contribution in [2.75, 3.05) is 5.32 Å². The number of carbonyl (C=O) groups is 2. The molecule has 0 aromatic heterocycles. The first kappa shape index (κ1) is 18.1. The summed E-state index contributed by atoms with van der Waals surface area (Å²) in [5.74, 6) is -1.03. The Balaban J connectivity index is 2.24. The monoisotopic (exact) mass is 340 g/mol. The molecule has 0 atom stereocenters. The quantitative estimate of drug-likeness (QED) is 0.846. The van der Waals surface area contributed by atoms with Gasteiger partial charge in [-0.1, -0.05) is 0 Å². The van der Waals surface area contributed by atoms with Crippen LogP contribution in [0.1, 0.15) is 42.3 Å². The summed E-state index contributed by atoms with van der Waals surface area (Å²) >= 11 is 0. The van der Waals surface area contributed by atoms with Crippen molar-refractivity contribution in [1.82, 2.24) is 0 Å². The van der Waals surface area contributed by atoms with E-state index in [0.29, 0.717) is 11.1 Å². The summed E-state index contributed by atoms with van der Waals surface area (Å²) in [6.07, 6.45) is -0.811. The lowest BCUT2D eigenvalue weighted by molar-refractivity contribution is 0.0635. The average Bonchev–Trinajstić information content (AvgIpc) is 2.54. The maximum atomic E-state index is 13.9. The average molecular weight is 340 g/mol. The van der Waals surface area contributed by atoms with Crippen molar-refractivity contribution < 1.29 is 18.7 Å². The molecule has 1 amide bonds. The number of amides is 1. The summed E-state index contributed by atoms with van der Waals surface area (Å²) in [6, 6.07) is 11.7. The van der Waals surface area contributed by atoms with E-state index in [-0.39, 0.29) is 17.0 Å². The number of carbonyl (C=O) groups excluding carboxylic acids is 2. The summed E-state index contributed by atoms with van der Waals surface area (Å²) in [7, 11) is 0. The molecule has 0 heterocycles. The van der Waals surface area contributed by atoms with Crippen molar-refractivity contribution in [1.29, 1.82) is 5.26 Å². The molecule has 0 aliphatic rings. The maximum absolute atomic E-state index is 13.9. The third-order valence-corrected chi connectivity index (χ3v) is 3.14. The SMILES string of the molecule is CC(C)(C)OC(=O)Nc1cc(C(=O)c2ccc(C#N)cc2)ccc1F. The third kappa shape index (κ3) is 4.88. The molecule has 25 heavy (non-hydrogen) atoms. The highest BCUT2D eigenvalue weighted by Gasteiger charge is 2.18. The van der Waals surface area contributed by atoms with Gasteiger partial charge in [0.25, 0.3) is 0 Å². The van der Waals surface area contributed by atoms with Gasteiger partial charge in [-0.3, -0.25) is 10.1 Å². The molecule has 0 fully saturated rings. The van der Waals surface area contributed by atoms with Gasteiger partial charge in [-0.05, 0) is 63.2 Å². The molecule has 0 aliphatic carbocycles. The Hall–Kier alpha value is -3.20. The molecule has 1 N–H and O–H groups in total. The molecule has 2 aromatic rings. The van der Waals surface area contributed by atoms with Crippen LogP contribution in [0.25, 0.3) is 0 Å². The fourth-order valence-electron chi connectivity index (χ4n) is 2.04. The van der Waals surface area contributed by atoms with Gasteiger partial charge in [0.15, 0.2) is 5.78 Å². The van der Waals surface area contributed by atoms with Crippen LogP contribution in [-0.2, 0) is 4.74 Å². The van der Waals surface area contributed by atoms with Gasteiger partial charge in [0.05, 0.1) is 17.3 Å². The number of hydrogen-bond acceptors (Lipinski definition) is 4. The second kappa shape index (κ2) is 7.14. The summed E-state index contributed by atoms with van der Waals surface area (Å²) in [4.78, 5) is 24.3. The van der Waals surface area contributed by atoms with Crippen molar-refractivity contribution >= 4 is 17.6 Å². The zero-order valence-corrected chi connectivity index (χ0v) is 14.1. The van der Waals surface area contributed by atoms with Crippen LogP contribution in [0.3, 0.4) is 0 Å². The minimum Gasteiger partial charge on any atom is -0.444 e. The number of nitriles is 1. The van der Waals surface area contributed by atoms with Crippen molar-refractivity contribution in [2.45, 2.75) is 26.4 Å². The molecule has 6 heteroatoms. The van der Waals surface area contributed by atoms with E-state index >= 15 is 0 Å². The Kier molecular flexibility index (Phi) is 5.18. The predicted octanol–water partition coefficient (Wildman–Crippen LogP) is 4.28. The number of rotatable bonds is 3. The van der Waals surface area contributed by atoms with Crippen LogP contribution in [0.15, 0.2) is 42.5 Å². The highest BCUT2D eigenvalue weighted by molar-refractivity contribution is 6.09. The summed E-state index contributed by atoms with van der Waals surface area (Å²) in [5.41, 5.74) is 0.124. The summed E-state index contributed by atoms with van der Waals surface area (Å²) in [5, 5.41) is 11.1. The van der Waals surface area contributed by atoms with Crippen LogP contribution in [0.2, 0.25) is 0 Å². The van der Waals surface area contributed by atoms with Gasteiger partial charge in [0.1, 0.15) is 11.4 Å². The van der Waals surface area contributed by atoms with Gasteiger partial charge < -0.3 is 4.74 Å². The molecule has 0 spiro atoms. The fraction of sp³-hybridized carbons (Fsp3) is 0.211. The molecule has 0 bridgehead atoms. The van der Waals surface area contributed by atoms with E-state index in [4.69, 9.17) is 10.00 Å². The molecule has 0 saturated heterocycles. The Labute approximate surface area is 145 Å². The first-order valence-electron chi connectivity index (χ1n) is 7.54. The van der Waals surface area contributed by atoms with E-state index < -0.39 is 17.5 Å². The van der Waals surface area contributed by atoms with Crippen molar-refractivity contribution in [3.05, 3.63) is 65.0 Å². The van der Waals surface area contributed by atoms with Crippen LogP contribution < -0.4 is 5.32 Å². The minimum atomic E-state index is -0.811. The van der Waals surface area contributed by atoms with E-state index in [1.54, 1.807) is 20.8 Å². The molecule has 2 aromatic carbocycles. The van der Waals surface area contributed by atoms with Crippen LogP contribution >= 0.6 is 0 Å². The van der Waals surface area contributed by atoms with Gasteiger partial charge in [-0.2, -0.15) is 5.26 Å². The van der Waals surface area contributed by atoms with E-state index in [2.05, 4.69) is 5.32 Å². The van der Waals surface area contributed by atoms with E-state index in [1.807, 2.05) is 6.07 Å². The molecule has 0 radical (unpaired) electrons. The second-order valence-corrected chi connectivity index (χ2v) is 6.34. The zero-order chi connectivity index (χ0) is 18.6. The lowest BCUT2D eigenvalue weighted by Crippen LogP contribution is -2.27. The molecular formula is C19H17FN2O3. The third-order valence-electron chi connectivity index (χ3n) is 3.14. The number of hydrogen-bond donors (Lipinski definition) is 1. The van der Waals surface area contributed by atoms with E-state index in [1.165, 1.54) is 36.4 Å². The minimum absolute atomic E-state index is 0.145. The Morgan fingerprint density at radius 3 is 2.24 bits per heavy atom. The smallest absolute Gasteiger partial charge is 0.412 e. The Morgan fingerprint density at radius 1 is 1.08 bits per heavy atom. The number of ether oxygens (including phenoxy) is 1. The van der Waals surface area contributed by atoms with Gasteiger partial charge in [0.2, 0.25) is 0 Å². The number of anilines is 1. The molecule has 5 nitrogen and oxygen atoms in total. The predicted molar refractivity (Wildman–Crippen MR) is 90.8 cm³/mol. The number of halogens is 1. The van der Waals surface area contributed by atoms with Crippen molar-refractivity contribution in [3.63, 3.8) is 0 Å². The molecule has 2 rings (SSSR count). The van der Waals surface area contributed by atoms with Gasteiger partial charge >= 0.3 is 6.09 Å². The lowest BCUT2D eigenvalue weighted by atomic mass is 10.0. The zero-order valence-electron chi connectivity index (χ0n) is 14.1. The molecule has 0 saturated carbocycles. The molecule has 128 valence electrons. The van der Waals surface area contributed by atoms with Crippen LogP contribution in [0, 0.1) is 17.1 Å². The fourth-order valence-corrected chi connectivity index (χ4v) is 2.04. The first-order valence-corrected chi connectivity index (χ1v) is 7.54. The number of ketones is 1.